The van der Waals surface area contributed by atoms with Crippen molar-refractivity contribution in [1.82, 2.24) is 4.90 Å². The van der Waals surface area contributed by atoms with Gasteiger partial charge in [0.1, 0.15) is 0 Å². The molecule has 0 N–H and O–H groups in total. The fraction of sp³-hybridized carbons (Fsp3) is 1.00. The van der Waals surface area contributed by atoms with Gasteiger partial charge in [-0.25, -0.2) is 4.90 Å². The molecule has 0 bridgehead atoms. The molecule has 1 nitrogen and oxygen atoms in total. The van der Waals surface area contributed by atoms with Gasteiger partial charge in [0.15, 0.2) is 0 Å². The number of hydrogen-bond acceptors (Lipinski definition) is 2. The number of alkyl halides is 2. The van der Waals surface area contributed by atoms with Crippen LogP contribution in [0.2, 0.25) is 0 Å². The van der Waals surface area contributed by atoms with E-state index < -0.39 is 6.05 Å². The summed E-state index contributed by atoms with van der Waals surface area (Å²) >= 11 is 4.19. The highest BCUT2D eigenvalue weighted by atomic mass is 32.1. The SMILES string of the molecule is CCC1CCN([C@@H](S)CC)C(F)(F)C1. The standard InChI is InChI=1S/C10H19F2NS/c1-3-8-5-6-13(9(14)4-2)10(11,12)7-8/h8-9,14H,3-7H2,1-2H3/t8?,9-/m0/s1. The van der Waals surface area contributed by atoms with E-state index in [4.69, 9.17) is 0 Å². The summed E-state index contributed by atoms with van der Waals surface area (Å²) in [5.41, 5.74) is 0. The average molecular weight is 223 g/mol. The highest BCUT2D eigenvalue weighted by Gasteiger charge is 2.44. The molecule has 14 heavy (non-hydrogen) atoms. The Morgan fingerprint density at radius 2 is 2.14 bits per heavy atom. The van der Waals surface area contributed by atoms with Gasteiger partial charge in [-0.15, -0.1) is 0 Å². The van der Waals surface area contributed by atoms with E-state index in [2.05, 4.69) is 12.6 Å². The van der Waals surface area contributed by atoms with Crippen molar-refractivity contribution in [2.45, 2.75) is 51.0 Å². The first-order valence-corrected chi connectivity index (χ1v) is 5.85. The predicted molar refractivity (Wildman–Crippen MR) is 57.7 cm³/mol. The fourth-order valence-electron chi connectivity index (χ4n) is 1.99. The number of thiol groups is 1. The van der Waals surface area contributed by atoms with Crippen LogP contribution >= 0.6 is 12.6 Å². The van der Waals surface area contributed by atoms with Gasteiger partial charge in [-0.3, -0.25) is 0 Å². The van der Waals surface area contributed by atoms with Crippen molar-refractivity contribution in [3.63, 3.8) is 0 Å². The molecule has 0 aliphatic carbocycles. The van der Waals surface area contributed by atoms with E-state index in [1.165, 1.54) is 4.90 Å². The molecule has 0 radical (unpaired) electrons. The van der Waals surface area contributed by atoms with Gasteiger partial charge >= 0.3 is 6.05 Å². The number of nitrogens with zero attached hydrogens (tertiary/aromatic N) is 1. The number of likely N-dealkylation sites (tertiary alicyclic amines) is 1. The highest BCUT2D eigenvalue weighted by molar-refractivity contribution is 7.80. The second-order valence-corrected chi connectivity index (χ2v) is 4.61. The van der Waals surface area contributed by atoms with Crippen LogP contribution in [0.5, 0.6) is 0 Å². The Kier molecular flexibility index (Phi) is 4.19. The zero-order valence-corrected chi connectivity index (χ0v) is 9.74. The van der Waals surface area contributed by atoms with E-state index in [1.807, 2.05) is 13.8 Å². The van der Waals surface area contributed by atoms with Crippen LogP contribution in [0.1, 0.15) is 39.5 Å². The summed E-state index contributed by atoms with van der Waals surface area (Å²) in [6, 6.07) is -2.65. The van der Waals surface area contributed by atoms with Crippen LogP contribution in [0.25, 0.3) is 0 Å². The average Bonchev–Trinajstić information content (AvgIpc) is 2.15. The second-order valence-electron chi connectivity index (χ2n) is 4.02. The molecule has 0 saturated carbocycles. The van der Waals surface area contributed by atoms with Gasteiger partial charge in [-0.05, 0) is 18.8 Å². The van der Waals surface area contributed by atoms with Crippen LogP contribution in [0.15, 0.2) is 0 Å². The zero-order valence-electron chi connectivity index (χ0n) is 8.84. The molecule has 1 rings (SSSR count). The molecule has 0 aromatic carbocycles. The van der Waals surface area contributed by atoms with E-state index in [-0.39, 0.29) is 17.7 Å². The summed E-state index contributed by atoms with van der Waals surface area (Å²) in [6.45, 7) is 4.35. The molecule has 1 fully saturated rings. The summed E-state index contributed by atoms with van der Waals surface area (Å²) < 4.78 is 27.2. The second kappa shape index (κ2) is 4.79. The molecule has 4 heteroatoms. The molecule has 1 saturated heterocycles. The van der Waals surface area contributed by atoms with Gasteiger partial charge < -0.3 is 0 Å². The fourth-order valence-corrected chi connectivity index (χ4v) is 2.27. The number of piperidine rings is 1. The summed E-state index contributed by atoms with van der Waals surface area (Å²) in [6.07, 6.45) is 2.39. The first-order chi connectivity index (χ1) is 6.51. The summed E-state index contributed by atoms with van der Waals surface area (Å²) in [7, 11) is 0. The molecule has 1 unspecified atom stereocenters. The Bertz CT molecular complexity index is 187. The van der Waals surface area contributed by atoms with Gasteiger partial charge in [0.2, 0.25) is 0 Å². The molecule has 84 valence electrons. The lowest BCUT2D eigenvalue weighted by molar-refractivity contribution is -0.185. The summed E-state index contributed by atoms with van der Waals surface area (Å²) in [4.78, 5) is 1.24. The quantitative estimate of drug-likeness (QED) is 0.567. The molecule has 1 heterocycles. The van der Waals surface area contributed by atoms with Crippen molar-refractivity contribution in [3.8, 4) is 0 Å². The Morgan fingerprint density at radius 3 is 2.57 bits per heavy atom. The molecular formula is C10H19F2NS. The molecular weight excluding hydrogens is 204 g/mol. The lowest BCUT2D eigenvalue weighted by atomic mass is 9.92. The normalized spacial score (nSPS) is 30.2. The van der Waals surface area contributed by atoms with Crippen LogP contribution < -0.4 is 0 Å². The lowest BCUT2D eigenvalue weighted by Gasteiger charge is -2.41. The van der Waals surface area contributed by atoms with Crippen molar-refractivity contribution >= 4 is 12.6 Å². The maximum absolute atomic E-state index is 13.6. The predicted octanol–water partition coefficient (Wildman–Crippen LogP) is 3.37. The molecule has 0 amide bonds. The monoisotopic (exact) mass is 223 g/mol. The van der Waals surface area contributed by atoms with E-state index in [9.17, 15) is 8.78 Å². The smallest absolute Gasteiger partial charge is 0.233 e. The first-order valence-electron chi connectivity index (χ1n) is 5.33. The molecule has 1 aliphatic rings. The molecule has 1 aliphatic heterocycles. The summed E-state index contributed by atoms with van der Waals surface area (Å²) in [5, 5.41) is -0.303. The van der Waals surface area contributed by atoms with E-state index in [1.54, 1.807) is 0 Å². The minimum absolute atomic E-state index is 0.000556. The van der Waals surface area contributed by atoms with Gasteiger partial charge in [-0.2, -0.15) is 21.4 Å². The van der Waals surface area contributed by atoms with Crippen LogP contribution in [-0.4, -0.2) is 22.9 Å². The minimum atomic E-state index is -2.65. The van der Waals surface area contributed by atoms with Gasteiger partial charge in [0, 0.05) is 13.0 Å². The third-order valence-corrected chi connectivity index (χ3v) is 3.68. The Morgan fingerprint density at radius 1 is 1.50 bits per heavy atom. The van der Waals surface area contributed by atoms with Crippen LogP contribution in [0.4, 0.5) is 8.78 Å². The topological polar surface area (TPSA) is 3.24 Å². The maximum Gasteiger partial charge on any atom is 0.306 e. The van der Waals surface area contributed by atoms with Crippen molar-refractivity contribution in [2.24, 2.45) is 5.92 Å². The van der Waals surface area contributed by atoms with Crippen LogP contribution in [0, 0.1) is 5.92 Å². The maximum atomic E-state index is 13.6. The number of rotatable bonds is 3. The molecule has 0 aromatic heterocycles. The Hall–Kier alpha value is 0.170. The number of hydrogen-bond donors (Lipinski definition) is 1. The molecule has 0 aromatic rings. The Balaban J connectivity index is 2.62. The summed E-state index contributed by atoms with van der Waals surface area (Å²) in [5.74, 6) is 0.179. The molecule has 2 atom stereocenters. The zero-order chi connectivity index (χ0) is 10.8. The minimum Gasteiger partial charge on any atom is -0.233 e. The van der Waals surface area contributed by atoms with Gasteiger partial charge in [0.05, 0.1) is 5.37 Å². The third-order valence-electron chi connectivity index (χ3n) is 3.03. The Labute approximate surface area is 90.3 Å². The van der Waals surface area contributed by atoms with Crippen molar-refractivity contribution in [3.05, 3.63) is 0 Å². The van der Waals surface area contributed by atoms with E-state index >= 15 is 0 Å². The largest absolute Gasteiger partial charge is 0.306 e. The van der Waals surface area contributed by atoms with Crippen molar-refractivity contribution in [2.75, 3.05) is 6.54 Å². The highest BCUT2D eigenvalue weighted by Crippen LogP contribution is 2.38. The van der Waals surface area contributed by atoms with Crippen molar-refractivity contribution in [1.29, 1.82) is 0 Å². The van der Waals surface area contributed by atoms with Crippen LogP contribution in [-0.2, 0) is 0 Å². The van der Waals surface area contributed by atoms with E-state index in [0.717, 1.165) is 12.8 Å². The molecule has 0 spiro atoms. The number of halogens is 2. The lowest BCUT2D eigenvalue weighted by Crippen LogP contribution is -2.51. The first kappa shape index (κ1) is 12.2. The van der Waals surface area contributed by atoms with Crippen molar-refractivity contribution < 1.29 is 8.78 Å². The van der Waals surface area contributed by atoms with E-state index in [0.29, 0.717) is 13.0 Å². The third kappa shape index (κ3) is 2.60. The van der Waals surface area contributed by atoms with Gasteiger partial charge in [-0.1, -0.05) is 20.3 Å². The van der Waals surface area contributed by atoms with Gasteiger partial charge in [0.25, 0.3) is 0 Å². The van der Waals surface area contributed by atoms with Crippen LogP contribution in [0.3, 0.4) is 0 Å².